The van der Waals surface area contributed by atoms with Crippen molar-refractivity contribution in [1.29, 1.82) is 5.26 Å². The van der Waals surface area contributed by atoms with Gasteiger partial charge in [0.2, 0.25) is 0 Å². The Morgan fingerprint density at radius 3 is 2.26 bits per heavy atom. The highest BCUT2D eigenvalue weighted by Gasteiger charge is 2.29. The van der Waals surface area contributed by atoms with E-state index >= 15 is 0 Å². The standard InChI is InChI=1S/C10H4F6N2O/c11-6-4(2-17)1-5(7(12)8(6)13)9(19)18-3-10(14,15)16/h1H,3H2,(H,18,19). The molecule has 1 N–H and O–H groups in total. The van der Waals surface area contributed by atoms with Gasteiger partial charge in [-0.3, -0.25) is 4.79 Å². The molecule has 0 aliphatic rings. The van der Waals surface area contributed by atoms with Gasteiger partial charge in [0.1, 0.15) is 12.6 Å². The van der Waals surface area contributed by atoms with Crippen molar-refractivity contribution < 1.29 is 31.1 Å². The van der Waals surface area contributed by atoms with Crippen molar-refractivity contribution in [2.75, 3.05) is 6.54 Å². The lowest BCUT2D eigenvalue weighted by Crippen LogP contribution is -2.34. The van der Waals surface area contributed by atoms with Crippen LogP contribution < -0.4 is 5.32 Å². The molecule has 102 valence electrons. The highest BCUT2D eigenvalue weighted by Crippen LogP contribution is 2.20. The molecule has 9 heteroatoms. The van der Waals surface area contributed by atoms with Crippen LogP contribution in [0.2, 0.25) is 0 Å². The third-order valence-electron chi connectivity index (χ3n) is 1.96. The maximum atomic E-state index is 13.2. The number of nitriles is 1. The number of nitrogens with zero attached hydrogens (tertiary/aromatic N) is 1. The molecule has 0 fully saturated rings. The summed E-state index contributed by atoms with van der Waals surface area (Å²) in [5.41, 5.74) is -2.17. The van der Waals surface area contributed by atoms with Crippen LogP contribution in [0.3, 0.4) is 0 Å². The Morgan fingerprint density at radius 2 is 1.79 bits per heavy atom. The van der Waals surface area contributed by atoms with Crippen molar-refractivity contribution in [3.8, 4) is 6.07 Å². The van der Waals surface area contributed by atoms with Gasteiger partial charge in [-0.15, -0.1) is 0 Å². The van der Waals surface area contributed by atoms with E-state index in [9.17, 15) is 31.1 Å². The van der Waals surface area contributed by atoms with Crippen LogP contribution in [-0.2, 0) is 0 Å². The molecule has 0 spiro atoms. The lowest BCUT2D eigenvalue weighted by atomic mass is 10.1. The zero-order chi connectivity index (χ0) is 14.8. The highest BCUT2D eigenvalue weighted by molar-refractivity contribution is 5.94. The fourth-order valence-corrected chi connectivity index (χ4v) is 1.13. The van der Waals surface area contributed by atoms with Gasteiger partial charge in [0, 0.05) is 0 Å². The molecule has 0 saturated heterocycles. The Morgan fingerprint density at radius 1 is 1.21 bits per heavy atom. The number of halogens is 6. The third-order valence-corrected chi connectivity index (χ3v) is 1.96. The number of amides is 1. The zero-order valence-corrected chi connectivity index (χ0v) is 8.91. The SMILES string of the molecule is N#Cc1cc(C(=O)NCC(F)(F)F)c(F)c(F)c1F. The first-order chi connectivity index (χ1) is 8.67. The topological polar surface area (TPSA) is 52.9 Å². The molecule has 19 heavy (non-hydrogen) atoms. The molecule has 0 atom stereocenters. The number of hydrogen-bond acceptors (Lipinski definition) is 2. The molecule has 0 unspecified atom stereocenters. The van der Waals surface area contributed by atoms with Crippen LogP contribution in [0.1, 0.15) is 15.9 Å². The van der Waals surface area contributed by atoms with Crippen LogP contribution in [0, 0.1) is 28.8 Å². The van der Waals surface area contributed by atoms with Gasteiger partial charge in [-0.2, -0.15) is 18.4 Å². The van der Waals surface area contributed by atoms with Crippen LogP contribution in [0.25, 0.3) is 0 Å². The highest BCUT2D eigenvalue weighted by atomic mass is 19.4. The summed E-state index contributed by atoms with van der Waals surface area (Å²) in [6.07, 6.45) is -4.75. The maximum absolute atomic E-state index is 13.2. The average molecular weight is 282 g/mol. The van der Waals surface area contributed by atoms with Crippen molar-refractivity contribution in [1.82, 2.24) is 5.32 Å². The van der Waals surface area contributed by atoms with E-state index < -0.39 is 47.2 Å². The molecule has 0 bridgehead atoms. The first-order valence-corrected chi connectivity index (χ1v) is 4.60. The largest absolute Gasteiger partial charge is 0.405 e. The van der Waals surface area contributed by atoms with Gasteiger partial charge in [0.25, 0.3) is 5.91 Å². The van der Waals surface area contributed by atoms with E-state index in [-0.39, 0.29) is 0 Å². The van der Waals surface area contributed by atoms with Gasteiger partial charge in [0.05, 0.1) is 11.1 Å². The summed E-state index contributed by atoms with van der Waals surface area (Å²) in [5, 5.41) is 9.68. The summed E-state index contributed by atoms with van der Waals surface area (Å²) >= 11 is 0. The predicted molar refractivity (Wildman–Crippen MR) is 49.4 cm³/mol. The minimum absolute atomic E-state index is 0.333. The Bertz CT molecular complexity index is 561. The lowest BCUT2D eigenvalue weighted by molar-refractivity contribution is -0.123. The van der Waals surface area contributed by atoms with Gasteiger partial charge < -0.3 is 5.32 Å². The first kappa shape index (κ1) is 14.8. The fraction of sp³-hybridized carbons (Fsp3) is 0.200. The van der Waals surface area contributed by atoms with E-state index in [1.54, 1.807) is 0 Å². The molecular formula is C10H4F6N2O. The molecule has 0 aliphatic heterocycles. The molecule has 0 saturated carbocycles. The summed E-state index contributed by atoms with van der Waals surface area (Å²) in [6.45, 7) is -1.77. The summed E-state index contributed by atoms with van der Waals surface area (Å²) in [7, 11) is 0. The molecule has 1 aromatic rings. The summed E-state index contributed by atoms with van der Waals surface area (Å²) < 4.78 is 74.6. The van der Waals surface area contributed by atoms with Crippen LogP contribution in [0.4, 0.5) is 26.3 Å². The van der Waals surface area contributed by atoms with E-state index in [0.29, 0.717) is 6.07 Å². The van der Waals surface area contributed by atoms with Crippen molar-refractivity contribution in [2.24, 2.45) is 0 Å². The minimum atomic E-state index is -4.75. The van der Waals surface area contributed by atoms with Gasteiger partial charge >= 0.3 is 6.18 Å². The van der Waals surface area contributed by atoms with E-state index in [4.69, 9.17) is 5.26 Å². The van der Waals surface area contributed by atoms with Crippen molar-refractivity contribution in [3.63, 3.8) is 0 Å². The normalized spacial score (nSPS) is 11.0. The number of rotatable bonds is 2. The zero-order valence-electron chi connectivity index (χ0n) is 8.91. The monoisotopic (exact) mass is 282 g/mol. The second-order valence-corrected chi connectivity index (χ2v) is 3.32. The van der Waals surface area contributed by atoms with Crippen LogP contribution in [-0.4, -0.2) is 18.6 Å². The summed E-state index contributed by atoms with van der Waals surface area (Å²) in [4.78, 5) is 11.2. The smallest absolute Gasteiger partial charge is 0.343 e. The molecule has 1 amide bonds. The van der Waals surface area contributed by atoms with Crippen molar-refractivity contribution >= 4 is 5.91 Å². The predicted octanol–water partition coefficient (Wildman–Crippen LogP) is 2.27. The molecule has 0 aliphatic carbocycles. The van der Waals surface area contributed by atoms with Crippen molar-refractivity contribution in [2.45, 2.75) is 6.18 Å². The fourth-order valence-electron chi connectivity index (χ4n) is 1.13. The molecule has 1 rings (SSSR count). The second kappa shape index (κ2) is 5.17. The summed E-state index contributed by atoms with van der Waals surface area (Å²) in [5.74, 6) is -7.48. The van der Waals surface area contributed by atoms with E-state index in [0.717, 1.165) is 6.07 Å². The molecule has 0 aromatic heterocycles. The van der Waals surface area contributed by atoms with Crippen LogP contribution in [0.15, 0.2) is 6.07 Å². The lowest BCUT2D eigenvalue weighted by Gasteiger charge is -2.09. The van der Waals surface area contributed by atoms with Gasteiger partial charge in [-0.05, 0) is 6.07 Å². The maximum Gasteiger partial charge on any atom is 0.405 e. The number of carbonyl (C=O) groups is 1. The van der Waals surface area contributed by atoms with Crippen molar-refractivity contribution in [3.05, 3.63) is 34.6 Å². The third kappa shape index (κ3) is 3.37. The van der Waals surface area contributed by atoms with E-state index in [1.165, 1.54) is 5.32 Å². The van der Waals surface area contributed by atoms with Crippen LogP contribution >= 0.6 is 0 Å². The molecule has 3 nitrogen and oxygen atoms in total. The number of nitrogens with one attached hydrogen (secondary N) is 1. The van der Waals surface area contributed by atoms with Gasteiger partial charge in [0.15, 0.2) is 17.5 Å². The Hall–Kier alpha value is -2.24. The molecule has 1 aromatic carbocycles. The minimum Gasteiger partial charge on any atom is -0.343 e. The second-order valence-electron chi connectivity index (χ2n) is 3.32. The number of benzene rings is 1. The Labute approximate surface area is 102 Å². The van der Waals surface area contributed by atoms with E-state index in [2.05, 4.69) is 0 Å². The van der Waals surface area contributed by atoms with Gasteiger partial charge in [-0.25, -0.2) is 13.2 Å². The number of alkyl halides is 3. The molecular weight excluding hydrogens is 278 g/mol. The quantitative estimate of drug-likeness (QED) is 0.668. The molecule has 0 heterocycles. The Balaban J connectivity index is 3.11. The summed E-state index contributed by atoms with van der Waals surface area (Å²) in [6, 6.07) is 1.48. The van der Waals surface area contributed by atoms with E-state index in [1.807, 2.05) is 0 Å². The average Bonchev–Trinajstić information content (AvgIpc) is 2.33. The first-order valence-electron chi connectivity index (χ1n) is 4.60. The number of carbonyl (C=O) groups excluding carboxylic acids is 1. The van der Waals surface area contributed by atoms with Gasteiger partial charge in [-0.1, -0.05) is 0 Å². The Kier molecular flexibility index (Phi) is 4.04. The number of hydrogen-bond donors (Lipinski definition) is 1. The van der Waals surface area contributed by atoms with Crippen LogP contribution in [0.5, 0.6) is 0 Å². The molecule has 0 radical (unpaired) electrons.